The molecule has 0 spiro atoms. The van der Waals surface area contributed by atoms with Gasteiger partial charge in [0, 0.05) is 29.1 Å². The van der Waals surface area contributed by atoms with Gasteiger partial charge in [-0.05, 0) is 50.0 Å². The Labute approximate surface area is 164 Å². The number of benzene rings is 2. The van der Waals surface area contributed by atoms with E-state index < -0.39 is 6.10 Å². The molecule has 0 saturated carbocycles. The molecule has 2 aromatic heterocycles. The average molecular weight is 372 g/mol. The van der Waals surface area contributed by atoms with Gasteiger partial charge in [0.05, 0.1) is 11.8 Å². The van der Waals surface area contributed by atoms with Crippen molar-refractivity contribution >= 4 is 21.9 Å². The van der Waals surface area contributed by atoms with E-state index in [1.54, 1.807) is 6.20 Å². The molecule has 2 aromatic carbocycles. The number of fused-ring (bicyclic) bond motifs is 3. The highest BCUT2D eigenvalue weighted by molar-refractivity contribution is 6.05. The Morgan fingerprint density at radius 1 is 0.964 bits per heavy atom. The van der Waals surface area contributed by atoms with Crippen LogP contribution in [-0.4, -0.2) is 28.1 Å². The lowest BCUT2D eigenvalue weighted by Gasteiger charge is -2.34. The first-order valence-corrected chi connectivity index (χ1v) is 10.00. The Hall–Kier alpha value is -2.69. The van der Waals surface area contributed by atoms with Crippen molar-refractivity contribution in [1.29, 1.82) is 0 Å². The van der Waals surface area contributed by atoms with Crippen LogP contribution in [0.15, 0.2) is 71.3 Å². The largest absolute Gasteiger partial charge is 0.456 e. The fourth-order valence-corrected chi connectivity index (χ4v) is 4.39. The molecule has 0 aliphatic carbocycles. The van der Waals surface area contributed by atoms with Gasteiger partial charge in [0.1, 0.15) is 11.2 Å². The number of aliphatic hydroxyl groups is 1. The van der Waals surface area contributed by atoms with E-state index in [0.717, 1.165) is 49.3 Å². The number of hydrogen-bond acceptors (Lipinski definition) is 4. The first kappa shape index (κ1) is 17.4. The van der Waals surface area contributed by atoms with Crippen LogP contribution in [0, 0.1) is 5.92 Å². The summed E-state index contributed by atoms with van der Waals surface area (Å²) in [6.45, 7) is 2.83. The zero-order valence-corrected chi connectivity index (χ0v) is 15.8. The standard InChI is InChI=1S/C24H24N2O2/c27-23(21-9-3-4-13-25-21)17-11-14-26(15-12-17)16-18-6-5-8-20-19-7-1-2-10-22(19)28-24(18)20/h1-10,13,17,23,27H,11-12,14-16H2/t23-/m0/s1. The fraction of sp³-hybridized carbons (Fsp3) is 0.292. The van der Waals surface area contributed by atoms with Crippen molar-refractivity contribution in [3.63, 3.8) is 0 Å². The van der Waals surface area contributed by atoms with E-state index in [1.165, 1.54) is 16.3 Å². The van der Waals surface area contributed by atoms with Gasteiger partial charge in [-0.25, -0.2) is 0 Å². The van der Waals surface area contributed by atoms with Crippen LogP contribution in [-0.2, 0) is 6.54 Å². The van der Waals surface area contributed by atoms with E-state index in [1.807, 2.05) is 30.3 Å². The molecule has 4 aromatic rings. The Morgan fingerprint density at radius 2 is 1.75 bits per heavy atom. The molecule has 4 heteroatoms. The molecular formula is C24H24N2O2. The van der Waals surface area contributed by atoms with Crippen LogP contribution < -0.4 is 0 Å². The highest BCUT2D eigenvalue weighted by Crippen LogP contribution is 2.33. The number of likely N-dealkylation sites (tertiary alicyclic amines) is 1. The molecule has 0 unspecified atom stereocenters. The summed E-state index contributed by atoms with van der Waals surface area (Å²) in [7, 11) is 0. The number of rotatable bonds is 4. The van der Waals surface area contributed by atoms with Crippen LogP contribution in [0.2, 0.25) is 0 Å². The third-order valence-electron chi connectivity index (χ3n) is 5.95. The Kier molecular flexibility index (Phi) is 4.59. The first-order valence-electron chi connectivity index (χ1n) is 10.00. The lowest BCUT2D eigenvalue weighted by atomic mass is 9.89. The van der Waals surface area contributed by atoms with Gasteiger partial charge in [-0.2, -0.15) is 0 Å². The molecule has 142 valence electrons. The van der Waals surface area contributed by atoms with Crippen molar-refractivity contribution in [3.8, 4) is 0 Å². The van der Waals surface area contributed by atoms with Crippen LogP contribution in [0.5, 0.6) is 0 Å². The van der Waals surface area contributed by atoms with Gasteiger partial charge in [0.15, 0.2) is 0 Å². The van der Waals surface area contributed by atoms with Gasteiger partial charge in [-0.1, -0.05) is 42.5 Å². The number of pyridine rings is 1. The maximum atomic E-state index is 10.6. The zero-order chi connectivity index (χ0) is 18.9. The van der Waals surface area contributed by atoms with Gasteiger partial charge < -0.3 is 9.52 Å². The monoisotopic (exact) mass is 372 g/mol. The molecule has 0 amide bonds. The molecule has 1 atom stereocenters. The number of hydrogen-bond donors (Lipinski definition) is 1. The summed E-state index contributed by atoms with van der Waals surface area (Å²) < 4.78 is 6.17. The number of furan rings is 1. The first-order chi connectivity index (χ1) is 13.8. The molecule has 28 heavy (non-hydrogen) atoms. The topological polar surface area (TPSA) is 49.5 Å². The predicted octanol–water partition coefficient (Wildman–Crippen LogP) is 4.93. The minimum absolute atomic E-state index is 0.271. The van der Waals surface area contributed by atoms with E-state index >= 15 is 0 Å². The van der Waals surface area contributed by atoms with Crippen LogP contribution in [0.1, 0.15) is 30.2 Å². The third-order valence-corrected chi connectivity index (χ3v) is 5.95. The molecule has 0 radical (unpaired) electrons. The van der Waals surface area contributed by atoms with Gasteiger partial charge in [0.25, 0.3) is 0 Å². The number of nitrogens with zero attached hydrogens (tertiary/aromatic N) is 2. The highest BCUT2D eigenvalue weighted by Gasteiger charge is 2.27. The molecule has 3 heterocycles. The molecule has 5 rings (SSSR count). The van der Waals surface area contributed by atoms with E-state index in [9.17, 15) is 5.11 Å². The summed E-state index contributed by atoms with van der Waals surface area (Å²) in [4.78, 5) is 6.78. The fourth-order valence-electron chi connectivity index (χ4n) is 4.39. The second-order valence-corrected chi connectivity index (χ2v) is 7.71. The smallest absolute Gasteiger partial charge is 0.139 e. The van der Waals surface area contributed by atoms with Gasteiger partial charge >= 0.3 is 0 Å². The van der Waals surface area contributed by atoms with E-state index in [4.69, 9.17) is 4.42 Å². The normalized spacial score (nSPS) is 17.3. The lowest BCUT2D eigenvalue weighted by Crippen LogP contribution is -2.35. The minimum Gasteiger partial charge on any atom is -0.456 e. The second kappa shape index (κ2) is 7.38. The zero-order valence-electron chi connectivity index (χ0n) is 15.8. The van der Waals surface area contributed by atoms with Crippen LogP contribution in [0.25, 0.3) is 21.9 Å². The molecular weight excluding hydrogens is 348 g/mol. The van der Waals surface area contributed by atoms with Crippen molar-refractivity contribution in [2.24, 2.45) is 5.92 Å². The third kappa shape index (κ3) is 3.19. The molecule has 1 aliphatic heterocycles. The van der Waals surface area contributed by atoms with Crippen molar-refractivity contribution < 1.29 is 9.52 Å². The van der Waals surface area contributed by atoms with Crippen molar-refractivity contribution in [2.45, 2.75) is 25.5 Å². The van der Waals surface area contributed by atoms with Crippen molar-refractivity contribution in [1.82, 2.24) is 9.88 Å². The SMILES string of the molecule is O[C@H](c1ccccn1)C1CCN(Cc2cccc3c2oc2ccccc23)CC1. The van der Waals surface area contributed by atoms with Gasteiger partial charge in [-0.15, -0.1) is 0 Å². The Bertz CT molecular complexity index is 1080. The molecule has 1 aliphatic rings. The van der Waals surface area contributed by atoms with E-state index in [-0.39, 0.29) is 5.92 Å². The van der Waals surface area contributed by atoms with E-state index in [2.05, 4.69) is 40.2 Å². The van der Waals surface area contributed by atoms with Crippen LogP contribution in [0.3, 0.4) is 0 Å². The number of aliphatic hydroxyl groups excluding tert-OH is 1. The molecule has 4 nitrogen and oxygen atoms in total. The molecule has 1 fully saturated rings. The number of para-hydroxylation sites is 2. The quantitative estimate of drug-likeness (QED) is 0.552. The maximum absolute atomic E-state index is 10.6. The maximum Gasteiger partial charge on any atom is 0.139 e. The van der Waals surface area contributed by atoms with Crippen LogP contribution in [0.4, 0.5) is 0 Å². The Morgan fingerprint density at radius 3 is 2.57 bits per heavy atom. The van der Waals surface area contributed by atoms with E-state index in [0.29, 0.717) is 0 Å². The summed E-state index contributed by atoms with van der Waals surface area (Å²) in [6.07, 6.45) is 3.24. The Balaban J connectivity index is 1.30. The minimum atomic E-state index is -0.470. The summed E-state index contributed by atoms with van der Waals surface area (Å²) in [6, 6.07) is 20.4. The van der Waals surface area contributed by atoms with Gasteiger partial charge in [0.2, 0.25) is 0 Å². The van der Waals surface area contributed by atoms with Gasteiger partial charge in [-0.3, -0.25) is 9.88 Å². The summed E-state index contributed by atoms with van der Waals surface area (Å²) in [5.74, 6) is 0.271. The predicted molar refractivity (Wildman–Crippen MR) is 111 cm³/mol. The summed E-state index contributed by atoms with van der Waals surface area (Å²) >= 11 is 0. The van der Waals surface area contributed by atoms with Crippen molar-refractivity contribution in [3.05, 3.63) is 78.1 Å². The number of piperidine rings is 1. The van der Waals surface area contributed by atoms with Crippen molar-refractivity contribution in [2.75, 3.05) is 13.1 Å². The summed E-state index contributed by atoms with van der Waals surface area (Å²) in [5, 5.41) is 13.0. The van der Waals surface area contributed by atoms with Crippen LogP contribution >= 0.6 is 0 Å². The highest BCUT2D eigenvalue weighted by atomic mass is 16.3. The molecule has 1 saturated heterocycles. The summed E-state index contributed by atoms with van der Waals surface area (Å²) in [5.41, 5.74) is 3.96. The average Bonchev–Trinajstić information content (AvgIpc) is 3.14. The second-order valence-electron chi connectivity index (χ2n) is 7.71. The molecule has 1 N–H and O–H groups in total. The number of aromatic nitrogens is 1. The molecule has 0 bridgehead atoms. The lowest BCUT2D eigenvalue weighted by molar-refractivity contribution is 0.0540.